The van der Waals surface area contributed by atoms with E-state index < -0.39 is 12.8 Å². The maximum absolute atomic E-state index is 12.6. The van der Waals surface area contributed by atoms with Crippen LogP contribution in [0.4, 0.5) is 13.2 Å². The molecule has 1 N–H and O–H groups in total. The van der Waals surface area contributed by atoms with Crippen molar-refractivity contribution in [2.24, 2.45) is 0 Å². The Morgan fingerprint density at radius 1 is 1.16 bits per heavy atom. The number of benzene rings is 1. The second-order valence-corrected chi connectivity index (χ2v) is 7.41. The van der Waals surface area contributed by atoms with E-state index >= 15 is 0 Å². The number of rotatable bonds is 7. The predicted molar refractivity (Wildman–Crippen MR) is 110 cm³/mol. The summed E-state index contributed by atoms with van der Waals surface area (Å²) in [7, 11) is 1.57. The first kappa shape index (κ1) is 23.4. The topological polar surface area (TPSA) is 80.8 Å². The lowest BCUT2D eigenvalue weighted by Crippen LogP contribution is -2.47. The van der Waals surface area contributed by atoms with Crippen LogP contribution in [0.5, 0.6) is 11.6 Å². The number of ether oxygens (including phenoxy) is 2. The van der Waals surface area contributed by atoms with Crippen LogP contribution < -0.4 is 14.8 Å². The Labute approximate surface area is 183 Å². The molecule has 1 saturated heterocycles. The molecule has 1 aromatic carbocycles. The van der Waals surface area contributed by atoms with Crippen molar-refractivity contribution in [1.82, 2.24) is 15.2 Å². The molecule has 2 aromatic rings. The van der Waals surface area contributed by atoms with Crippen molar-refractivity contribution >= 4 is 11.8 Å². The SMILES string of the molecule is COc1ccccc1CC(=O)N1CCC(NC(=O)c2ccc(OCC(F)(F)F)nc2)CC1. The fourth-order valence-electron chi connectivity index (χ4n) is 3.42. The lowest BCUT2D eigenvalue weighted by Gasteiger charge is -2.32. The molecule has 3 rings (SSSR count). The minimum absolute atomic E-state index is 0.00192. The largest absolute Gasteiger partial charge is 0.496 e. The van der Waals surface area contributed by atoms with Gasteiger partial charge in [0, 0.05) is 37.0 Å². The van der Waals surface area contributed by atoms with E-state index in [0.717, 1.165) is 5.56 Å². The number of amides is 2. The average molecular weight is 451 g/mol. The molecule has 1 aliphatic rings. The molecule has 0 atom stereocenters. The van der Waals surface area contributed by atoms with E-state index in [1.807, 2.05) is 24.3 Å². The Morgan fingerprint density at radius 2 is 1.88 bits per heavy atom. The van der Waals surface area contributed by atoms with Gasteiger partial charge in [0.25, 0.3) is 5.91 Å². The summed E-state index contributed by atoms with van der Waals surface area (Å²) < 4.78 is 46.4. The standard InChI is InChI=1S/C22H24F3N3O4/c1-31-18-5-3-2-4-15(18)12-20(29)28-10-8-17(9-11-28)27-21(30)16-6-7-19(26-13-16)32-14-22(23,24)25/h2-7,13,17H,8-12,14H2,1H3,(H,27,30). The number of methoxy groups -OCH3 is 1. The van der Waals surface area contributed by atoms with Crippen molar-refractivity contribution in [1.29, 1.82) is 0 Å². The van der Waals surface area contributed by atoms with Crippen molar-refractivity contribution in [3.05, 3.63) is 53.7 Å². The minimum atomic E-state index is -4.46. The number of para-hydroxylation sites is 1. The van der Waals surface area contributed by atoms with Gasteiger partial charge in [0.1, 0.15) is 5.75 Å². The first-order valence-corrected chi connectivity index (χ1v) is 10.1. The van der Waals surface area contributed by atoms with Crippen LogP contribution in [0, 0.1) is 0 Å². The maximum atomic E-state index is 12.6. The first-order chi connectivity index (χ1) is 15.2. The summed E-state index contributed by atoms with van der Waals surface area (Å²) in [6.07, 6.45) is -1.84. The van der Waals surface area contributed by atoms with E-state index in [9.17, 15) is 22.8 Å². The van der Waals surface area contributed by atoms with Crippen LogP contribution in [0.3, 0.4) is 0 Å². The number of carbonyl (C=O) groups excluding carboxylic acids is 2. The van der Waals surface area contributed by atoms with Gasteiger partial charge < -0.3 is 19.7 Å². The molecule has 2 heterocycles. The quantitative estimate of drug-likeness (QED) is 0.700. The molecule has 0 aliphatic carbocycles. The maximum Gasteiger partial charge on any atom is 0.422 e. The Hall–Kier alpha value is -3.30. The van der Waals surface area contributed by atoms with Crippen LogP contribution in [0.2, 0.25) is 0 Å². The number of nitrogens with one attached hydrogen (secondary N) is 1. The molecule has 32 heavy (non-hydrogen) atoms. The van der Waals surface area contributed by atoms with Crippen molar-refractivity contribution in [3.8, 4) is 11.6 Å². The number of nitrogens with zero attached hydrogens (tertiary/aromatic N) is 2. The monoisotopic (exact) mass is 451 g/mol. The number of hydrogen-bond donors (Lipinski definition) is 1. The normalized spacial score (nSPS) is 14.7. The number of alkyl halides is 3. The van der Waals surface area contributed by atoms with Gasteiger partial charge >= 0.3 is 6.18 Å². The second-order valence-electron chi connectivity index (χ2n) is 7.41. The van der Waals surface area contributed by atoms with Crippen LogP contribution in [-0.2, 0) is 11.2 Å². The van der Waals surface area contributed by atoms with Crippen LogP contribution >= 0.6 is 0 Å². The van der Waals surface area contributed by atoms with Crippen molar-refractivity contribution < 1.29 is 32.2 Å². The van der Waals surface area contributed by atoms with Gasteiger partial charge in [-0.2, -0.15) is 13.2 Å². The molecule has 10 heteroatoms. The van der Waals surface area contributed by atoms with Crippen LogP contribution in [0.1, 0.15) is 28.8 Å². The van der Waals surface area contributed by atoms with E-state index in [2.05, 4.69) is 15.0 Å². The third kappa shape index (κ3) is 6.60. The Morgan fingerprint density at radius 3 is 2.50 bits per heavy atom. The van der Waals surface area contributed by atoms with E-state index in [1.165, 1.54) is 18.3 Å². The van der Waals surface area contributed by atoms with Gasteiger partial charge in [0.15, 0.2) is 6.61 Å². The summed E-state index contributed by atoms with van der Waals surface area (Å²) in [5.41, 5.74) is 1.05. The fourth-order valence-corrected chi connectivity index (χ4v) is 3.42. The summed E-state index contributed by atoms with van der Waals surface area (Å²) >= 11 is 0. The lowest BCUT2D eigenvalue weighted by atomic mass is 10.0. The van der Waals surface area contributed by atoms with E-state index in [4.69, 9.17) is 4.74 Å². The third-order valence-electron chi connectivity index (χ3n) is 5.10. The lowest BCUT2D eigenvalue weighted by molar-refractivity contribution is -0.154. The van der Waals surface area contributed by atoms with Crippen LogP contribution in [-0.4, -0.2) is 60.7 Å². The summed E-state index contributed by atoms with van der Waals surface area (Å²) in [4.78, 5) is 30.5. The molecule has 0 bridgehead atoms. The fraction of sp³-hybridized carbons (Fsp3) is 0.409. The highest BCUT2D eigenvalue weighted by Gasteiger charge is 2.29. The summed E-state index contributed by atoms with van der Waals surface area (Å²) in [5, 5.41) is 2.88. The second kappa shape index (κ2) is 10.3. The van der Waals surface area contributed by atoms with Gasteiger partial charge in [0.05, 0.1) is 19.1 Å². The number of piperidine rings is 1. The van der Waals surface area contributed by atoms with Gasteiger partial charge in [-0.05, 0) is 25.0 Å². The van der Waals surface area contributed by atoms with Crippen LogP contribution in [0.15, 0.2) is 42.6 Å². The highest BCUT2D eigenvalue weighted by Crippen LogP contribution is 2.20. The third-order valence-corrected chi connectivity index (χ3v) is 5.10. The van der Waals surface area contributed by atoms with E-state index in [0.29, 0.717) is 31.7 Å². The zero-order valence-electron chi connectivity index (χ0n) is 17.5. The zero-order chi connectivity index (χ0) is 23.1. The molecule has 1 aromatic heterocycles. The molecule has 1 aliphatic heterocycles. The van der Waals surface area contributed by atoms with Crippen molar-refractivity contribution in [3.63, 3.8) is 0 Å². The Bertz CT molecular complexity index is 927. The van der Waals surface area contributed by atoms with Gasteiger partial charge in [-0.1, -0.05) is 18.2 Å². The molecular formula is C22H24F3N3O4. The number of carbonyl (C=O) groups is 2. The zero-order valence-corrected chi connectivity index (χ0v) is 17.5. The molecule has 0 unspecified atom stereocenters. The number of hydrogen-bond acceptors (Lipinski definition) is 5. The summed E-state index contributed by atoms with van der Waals surface area (Å²) in [6, 6.07) is 9.85. The van der Waals surface area contributed by atoms with Crippen LogP contribution in [0.25, 0.3) is 0 Å². The van der Waals surface area contributed by atoms with E-state index in [1.54, 1.807) is 12.0 Å². The van der Waals surface area contributed by atoms with Crippen molar-refractivity contribution in [2.45, 2.75) is 31.5 Å². The van der Waals surface area contributed by atoms with Gasteiger partial charge in [-0.25, -0.2) is 4.98 Å². The molecule has 172 valence electrons. The minimum Gasteiger partial charge on any atom is -0.496 e. The van der Waals surface area contributed by atoms with Gasteiger partial charge in [-0.15, -0.1) is 0 Å². The molecule has 0 radical (unpaired) electrons. The smallest absolute Gasteiger partial charge is 0.422 e. The van der Waals surface area contributed by atoms with Crippen molar-refractivity contribution in [2.75, 3.05) is 26.8 Å². The highest BCUT2D eigenvalue weighted by molar-refractivity contribution is 5.94. The van der Waals surface area contributed by atoms with E-state index in [-0.39, 0.29) is 35.7 Å². The number of halogens is 3. The molecular weight excluding hydrogens is 427 g/mol. The van der Waals surface area contributed by atoms with Gasteiger partial charge in [-0.3, -0.25) is 9.59 Å². The highest BCUT2D eigenvalue weighted by atomic mass is 19.4. The van der Waals surface area contributed by atoms with Gasteiger partial charge in [0.2, 0.25) is 11.8 Å². The summed E-state index contributed by atoms with van der Waals surface area (Å²) in [6.45, 7) is -0.414. The molecule has 2 amide bonds. The first-order valence-electron chi connectivity index (χ1n) is 10.1. The molecule has 7 nitrogen and oxygen atoms in total. The molecule has 1 fully saturated rings. The summed E-state index contributed by atoms with van der Waals surface area (Å²) in [5.74, 6) is 0.0868. The Kier molecular flexibility index (Phi) is 7.55. The average Bonchev–Trinajstić information content (AvgIpc) is 2.78. The predicted octanol–water partition coefficient (Wildman–Crippen LogP) is 2.99. The molecule has 0 spiro atoms. The number of pyridine rings is 1. The number of likely N-dealkylation sites (tertiary alicyclic amines) is 1. The Balaban J connectivity index is 1.46. The number of aromatic nitrogens is 1. The molecule has 0 saturated carbocycles.